The summed E-state index contributed by atoms with van der Waals surface area (Å²) >= 11 is 0. The Morgan fingerprint density at radius 3 is 2.91 bits per heavy atom. The van der Waals surface area contributed by atoms with Crippen molar-refractivity contribution in [2.75, 3.05) is 33.2 Å². The molecule has 1 unspecified atom stereocenters. The normalized spacial score (nSPS) is 18.7. The third-order valence-electron chi connectivity index (χ3n) is 4.33. The van der Waals surface area contributed by atoms with Gasteiger partial charge in [-0.05, 0) is 44.3 Å². The molecule has 0 aliphatic carbocycles. The lowest BCUT2D eigenvalue weighted by atomic mass is 10.2. The Morgan fingerprint density at radius 2 is 2.26 bits per heavy atom. The molecule has 1 aliphatic rings. The number of likely N-dealkylation sites (tertiary alicyclic amines) is 1. The molecule has 0 aromatic carbocycles. The maximum Gasteiger partial charge on any atom is 0.191 e. The van der Waals surface area contributed by atoms with E-state index in [9.17, 15) is 0 Å². The number of halogens is 1. The molecule has 23 heavy (non-hydrogen) atoms. The molecule has 1 aromatic rings. The van der Waals surface area contributed by atoms with Gasteiger partial charge in [0.25, 0.3) is 0 Å². The van der Waals surface area contributed by atoms with E-state index in [4.69, 9.17) is 0 Å². The van der Waals surface area contributed by atoms with Gasteiger partial charge < -0.3 is 10.6 Å². The zero-order valence-electron chi connectivity index (χ0n) is 14.6. The molecular formula is C16H31IN6. The van der Waals surface area contributed by atoms with Crippen LogP contribution in [0.15, 0.2) is 17.4 Å². The lowest BCUT2D eigenvalue weighted by Gasteiger charge is -2.23. The van der Waals surface area contributed by atoms with Gasteiger partial charge in [0, 0.05) is 39.4 Å². The third kappa shape index (κ3) is 6.66. The zero-order valence-corrected chi connectivity index (χ0v) is 16.9. The quantitative estimate of drug-likeness (QED) is 0.297. The fourth-order valence-electron chi connectivity index (χ4n) is 3.08. The van der Waals surface area contributed by atoms with Crippen LogP contribution in [0.2, 0.25) is 0 Å². The van der Waals surface area contributed by atoms with Gasteiger partial charge in [0.2, 0.25) is 0 Å². The van der Waals surface area contributed by atoms with Gasteiger partial charge in [-0.2, -0.15) is 5.10 Å². The number of aromatic nitrogens is 2. The smallest absolute Gasteiger partial charge is 0.191 e. The van der Waals surface area contributed by atoms with Gasteiger partial charge in [0.1, 0.15) is 0 Å². The molecule has 2 rings (SSSR count). The van der Waals surface area contributed by atoms with E-state index in [2.05, 4.69) is 38.7 Å². The van der Waals surface area contributed by atoms with Crippen molar-refractivity contribution in [1.29, 1.82) is 0 Å². The van der Waals surface area contributed by atoms with Crippen molar-refractivity contribution in [1.82, 2.24) is 25.3 Å². The summed E-state index contributed by atoms with van der Waals surface area (Å²) in [6, 6.07) is 0.652. The lowest BCUT2D eigenvalue weighted by Crippen LogP contribution is -2.45. The topological polar surface area (TPSA) is 57.5 Å². The highest BCUT2D eigenvalue weighted by Gasteiger charge is 2.22. The first-order valence-electron chi connectivity index (χ1n) is 8.39. The molecule has 0 saturated carbocycles. The summed E-state index contributed by atoms with van der Waals surface area (Å²) in [6.07, 6.45) is 8.75. The Balaban J connectivity index is 0.00000264. The summed E-state index contributed by atoms with van der Waals surface area (Å²) in [7, 11) is 3.79. The van der Waals surface area contributed by atoms with Crippen LogP contribution in [-0.2, 0) is 13.5 Å². The second kappa shape index (κ2) is 10.9. The van der Waals surface area contributed by atoms with E-state index in [1.807, 2.05) is 25.0 Å². The second-order valence-corrected chi connectivity index (χ2v) is 5.93. The maximum absolute atomic E-state index is 4.31. The van der Waals surface area contributed by atoms with Crippen LogP contribution in [0, 0.1) is 0 Å². The molecule has 1 aliphatic heterocycles. The molecule has 0 spiro atoms. The fraction of sp³-hybridized carbons (Fsp3) is 0.750. The first-order valence-corrected chi connectivity index (χ1v) is 8.39. The van der Waals surface area contributed by atoms with Gasteiger partial charge >= 0.3 is 0 Å². The van der Waals surface area contributed by atoms with Gasteiger partial charge in [-0.1, -0.05) is 6.92 Å². The first-order chi connectivity index (χ1) is 10.7. The molecule has 2 heterocycles. The number of guanidine groups is 1. The lowest BCUT2D eigenvalue weighted by molar-refractivity contribution is 0.267. The van der Waals surface area contributed by atoms with E-state index in [1.165, 1.54) is 24.9 Å². The predicted molar refractivity (Wildman–Crippen MR) is 107 cm³/mol. The van der Waals surface area contributed by atoms with Crippen LogP contribution in [0.4, 0.5) is 0 Å². The minimum Gasteiger partial charge on any atom is -0.356 e. The van der Waals surface area contributed by atoms with Gasteiger partial charge in [-0.15, -0.1) is 24.0 Å². The second-order valence-electron chi connectivity index (χ2n) is 5.93. The van der Waals surface area contributed by atoms with E-state index >= 15 is 0 Å². The van der Waals surface area contributed by atoms with Gasteiger partial charge in [0.15, 0.2) is 5.96 Å². The highest BCUT2D eigenvalue weighted by molar-refractivity contribution is 14.0. The fourth-order valence-corrected chi connectivity index (χ4v) is 3.08. The first kappa shape index (κ1) is 20.2. The molecule has 1 fully saturated rings. The van der Waals surface area contributed by atoms with Gasteiger partial charge in [0.05, 0.1) is 6.20 Å². The van der Waals surface area contributed by atoms with Crippen LogP contribution < -0.4 is 10.6 Å². The SMILES string of the molecule is CCN1CCCC1CNC(=NC)NCCCc1cnn(C)c1.I. The van der Waals surface area contributed by atoms with Crippen LogP contribution in [-0.4, -0.2) is 59.9 Å². The third-order valence-corrected chi connectivity index (χ3v) is 4.33. The van der Waals surface area contributed by atoms with Crippen molar-refractivity contribution in [3.05, 3.63) is 18.0 Å². The summed E-state index contributed by atoms with van der Waals surface area (Å²) in [6.45, 7) is 6.53. The van der Waals surface area contributed by atoms with Crippen molar-refractivity contribution in [2.24, 2.45) is 12.0 Å². The van der Waals surface area contributed by atoms with Crippen molar-refractivity contribution in [3.8, 4) is 0 Å². The van der Waals surface area contributed by atoms with Crippen molar-refractivity contribution < 1.29 is 0 Å². The number of nitrogens with zero attached hydrogens (tertiary/aromatic N) is 4. The molecule has 0 amide bonds. The van der Waals surface area contributed by atoms with Crippen LogP contribution in [0.3, 0.4) is 0 Å². The highest BCUT2D eigenvalue weighted by atomic mass is 127. The summed E-state index contributed by atoms with van der Waals surface area (Å²) in [5, 5.41) is 11.0. The van der Waals surface area contributed by atoms with Crippen LogP contribution in [0.25, 0.3) is 0 Å². The Morgan fingerprint density at radius 1 is 1.43 bits per heavy atom. The minimum absolute atomic E-state index is 0. The highest BCUT2D eigenvalue weighted by Crippen LogP contribution is 2.15. The number of nitrogens with one attached hydrogen (secondary N) is 2. The standard InChI is InChI=1S/C16H30N6.HI/c1-4-22-10-6-8-15(22)12-19-16(17-2)18-9-5-7-14-11-20-21(3)13-14;/h11,13,15H,4-10,12H2,1-3H3,(H2,17,18,19);1H. The van der Waals surface area contributed by atoms with Crippen molar-refractivity contribution >= 4 is 29.9 Å². The largest absolute Gasteiger partial charge is 0.356 e. The number of hydrogen-bond acceptors (Lipinski definition) is 3. The molecule has 1 atom stereocenters. The molecule has 0 radical (unpaired) electrons. The van der Waals surface area contributed by atoms with E-state index in [0.29, 0.717) is 6.04 Å². The Labute approximate surface area is 157 Å². The number of aryl methyl sites for hydroxylation is 2. The number of rotatable bonds is 7. The van der Waals surface area contributed by atoms with E-state index in [0.717, 1.165) is 38.4 Å². The van der Waals surface area contributed by atoms with E-state index < -0.39 is 0 Å². The molecule has 7 heteroatoms. The zero-order chi connectivity index (χ0) is 15.8. The van der Waals surface area contributed by atoms with E-state index in [1.54, 1.807) is 0 Å². The Bertz CT molecular complexity index is 473. The van der Waals surface area contributed by atoms with E-state index in [-0.39, 0.29) is 24.0 Å². The molecule has 1 aromatic heterocycles. The average Bonchev–Trinajstić information content (AvgIpc) is 3.15. The number of aliphatic imine (C=N–C) groups is 1. The maximum atomic E-state index is 4.31. The Hall–Kier alpha value is -0.830. The molecule has 0 bridgehead atoms. The molecule has 6 nitrogen and oxygen atoms in total. The number of hydrogen-bond donors (Lipinski definition) is 2. The van der Waals surface area contributed by atoms with Crippen molar-refractivity contribution in [3.63, 3.8) is 0 Å². The van der Waals surface area contributed by atoms with Crippen LogP contribution in [0.5, 0.6) is 0 Å². The van der Waals surface area contributed by atoms with Crippen LogP contribution >= 0.6 is 24.0 Å². The molecule has 2 N–H and O–H groups in total. The molecule has 1 saturated heterocycles. The van der Waals surface area contributed by atoms with Gasteiger partial charge in [-0.25, -0.2) is 0 Å². The summed E-state index contributed by atoms with van der Waals surface area (Å²) in [5.74, 6) is 0.911. The Kier molecular flexibility index (Phi) is 9.54. The predicted octanol–water partition coefficient (Wildman–Crippen LogP) is 1.62. The average molecular weight is 434 g/mol. The van der Waals surface area contributed by atoms with Gasteiger partial charge in [-0.3, -0.25) is 14.6 Å². The van der Waals surface area contributed by atoms with Crippen LogP contribution in [0.1, 0.15) is 31.7 Å². The molecular weight excluding hydrogens is 403 g/mol. The number of likely N-dealkylation sites (N-methyl/N-ethyl adjacent to an activating group) is 1. The summed E-state index contributed by atoms with van der Waals surface area (Å²) < 4.78 is 1.85. The summed E-state index contributed by atoms with van der Waals surface area (Å²) in [4.78, 5) is 6.85. The molecule has 132 valence electrons. The summed E-state index contributed by atoms with van der Waals surface area (Å²) in [5.41, 5.74) is 1.29. The van der Waals surface area contributed by atoms with Crippen molar-refractivity contribution in [2.45, 2.75) is 38.6 Å². The monoisotopic (exact) mass is 434 g/mol. The minimum atomic E-state index is 0.